The van der Waals surface area contributed by atoms with Crippen LogP contribution in [0.2, 0.25) is 0 Å². The molecule has 2 aliphatic rings. The molecule has 0 aromatic carbocycles. The van der Waals surface area contributed by atoms with Gasteiger partial charge in [-0.05, 0) is 40.0 Å². The lowest BCUT2D eigenvalue weighted by Crippen LogP contribution is -2.57. The molecule has 1 amide bonds. The van der Waals surface area contributed by atoms with Crippen LogP contribution >= 0.6 is 0 Å². The van der Waals surface area contributed by atoms with E-state index in [1.54, 1.807) is 4.90 Å². The van der Waals surface area contributed by atoms with E-state index < -0.39 is 29.9 Å². The van der Waals surface area contributed by atoms with E-state index in [1.807, 2.05) is 20.8 Å². The van der Waals surface area contributed by atoms with Crippen molar-refractivity contribution in [2.45, 2.75) is 69.9 Å². The zero-order chi connectivity index (χ0) is 12.8. The van der Waals surface area contributed by atoms with Gasteiger partial charge in [0.25, 0.3) is 0 Å². The highest BCUT2D eigenvalue weighted by atomic mass is 19.1. The van der Waals surface area contributed by atoms with E-state index in [0.717, 1.165) is 6.42 Å². The molecule has 2 heterocycles. The molecule has 2 bridgehead atoms. The highest BCUT2D eigenvalue weighted by Crippen LogP contribution is 2.37. The third-order valence-corrected chi connectivity index (χ3v) is 3.47. The highest BCUT2D eigenvalue weighted by Gasteiger charge is 2.49. The summed E-state index contributed by atoms with van der Waals surface area (Å²) in [5.41, 5.74) is 5.20. The van der Waals surface area contributed by atoms with Crippen molar-refractivity contribution in [2.24, 2.45) is 5.73 Å². The molecule has 4 atom stereocenters. The van der Waals surface area contributed by atoms with Crippen molar-refractivity contribution in [1.29, 1.82) is 0 Å². The van der Waals surface area contributed by atoms with Crippen molar-refractivity contribution in [2.75, 3.05) is 0 Å². The lowest BCUT2D eigenvalue weighted by atomic mass is 9.97. The normalized spacial score (nSPS) is 37.1. The van der Waals surface area contributed by atoms with Gasteiger partial charge >= 0.3 is 6.09 Å². The fourth-order valence-corrected chi connectivity index (χ4v) is 2.78. The average molecular weight is 244 g/mol. The molecule has 2 aliphatic heterocycles. The molecule has 2 saturated heterocycles. The summed E-state index contributed by atoms with van der Waals surface area (Å²) in [6.45, 7) is 5.44. The molecule has 0 spiro atoms. The van der Waals surface area contributed by atoms with E-state index in [1.165, 1.54) is 0 Å². The first-order chi connectivity index (χ1) is 7.79. The summed E-state index contributed by atoms with van der Waals surface area (Å²) in [6.07, 6.45) is 0.536. The van der Waals surface area contributed by atoms with Crippen molar-refractivity contribution < 1.29 is 13.9 Å². The van der Waals surface area contributed by atoms with E-state index in [2.05, 4.69) is 0 Å². The number of nitrogens with two attached hydrogens (primary N) is 1. The molecule has 2 fully saturated rings. The van der Waals surface area contributed by atoms with E-state index >= 15 is 0 Å². The number of carbonyl (C=O) groups is 1. The van der Waals surface area contributed by atoms with Gasteiger partial charge in [0.1, 0.15) is 11.8 Å². The third kappa shape index (κ3) is 2.39. The Kier molecular flexibility index (Phi) is 3.06. The van der Waals surface area contributed by atoms with Crippen molar-refractivity contribution in [3.8, 4) is 0 Å². The fraction of sp³-hybridized carbons (Fsp3) is 0.917. The van der Waals surface area contributed by atoms with Gasteiger partial charge in [0.05, 0.1) is 6.04 Å². The number of fused-ring (bicyclic) bond motifs is 2. The Labute approximate surface area is 101 Å². The molecule has 2 N–H and O–H groups in total. The maximum absolute atomic E-state index is 13.9. The van der Waals surface area contributed by atoms with Crippen LogP contribution in [0.3, 0.4) is 0 Å². The first-order valence-corrected chi connectivity index (χ1v) is 6.20. The van der Waals surface area contributed by atoms with Crippen molar-refractivity contribution in [1.82, 2.24) is 4.90 Å². The summed E-state index contributed by atoms with van der Waals surface area (Å²) in [4.78, 5) is 13.6. The number of rotatable bonds is 0. The topological polar surface area (TPSA) is 55.6 Å². The minimum atomic E-state index is -1.12. The molecule has 4 nitrogen and oxygen atoms in total. The Hall–Kier alpha value is -0.840. The van der Waals surface area contributed by atoms with Crippen LogP contribution in [-0.4, -0.2) is 40.9 Å². The number of carbonyl (C=O) groups excluding carboxylic acids is 1. The molecule has 0 aliphatic carbocycles. The van der Waals surface area contributed by atoms with Crippen LogP contribution in [0.5, 0.6) is 0 Å². The molecule has 0 aromatic heterocycles. The average Bonchev–Trinajstić information content (AvgIpc) is 2.51. The van der Waals surface area contributed by atoms with Crippen LogP contribution < -0.4 is 5.73 Å². The molecular formula is C12H21FN2O2. The van der Waals surface area contributed by atoms with E-state index in [9.17, 15) is 9.18 Å². The zero-order valence-electron chi connectivity index (χ0n) is 10.6. The van der Waals surface area contributed by atoms with Crippen molar-refractivity contribution in [3.05, 3.63) is 0 Å². The van der Waals surface area contributed by atoms with Gasteiger partial charge in [-0.1, -0.05) is 0 Å². The SMILES string of the molecule is CC(C)(C)OC(=O)N1C2CC[C@H]1[C@H](F)[C@H](N)C2. The number of nitrogens with zero attached hydrogens (tertiary/aromatic N) is 1. The number of piperidine rings is 1. The smallest absolute Gasteiger partial charge is 0.410 e. The Morgan fingerprint density at radius 1 is 1.41 bits per heavy atom. The number of halogens is 1. The van der Waals surface area contributed by atoms with Gasteiger partial charge in [0.15, 0.2) is 0 Å². The van der Waals surface area contributed by atoms with E-state index in [-0.39, 0.29) is 6.04 Å². The summed E-state index contributed by atoms with van der Waals surface area (Å²) < 4.78 is 19.3. The molecule has 17 heavy (non-hydrogen) atoms. The van der Waals surface area contributed by atoms with Crippen LogP contribution in [0.4, 0.5) is 9.18 Å². The van der Waals surface area contributed by atoms with E-state index in [0.29, 0.717) is 12.8 Å². The Balaban J connectivity index is 2.10. The Bertz CT molecular complexity index is 316. The molecular weight excluding hydrogens is 223 g/mol. The van der Waals surface area contributed by atoms with Crippen LogP contribution in [0, 0.1) is 0 Å². The van der Waals surface area contributed by atoms with Gasteiger partial charge in [0.2, 0.25) is 0 Å². The molecule has 0 aromatic rings. The fourth-order valence-electron chi connectivity index (χ4n) is 2.78. The maximum Gasteiger partial charge on any atom is 0.410 e. The second-order valence-corrected chi connectivity index (χ2v) is 6.03. The zero-order valence-corrected chi connectivity index (χ0v) is 10.6. The summed E-state index contributed by atoms with van der Waals surface area (Å²) in [5.74, 6) is 0. The predicted molar refractivity (Wildman–Crippen MR) is 62.4 cm³/mol. The Morgan fingerprint density at radius 3 is 2.65 bits per heavy atom. The molecule has 0 radical (unpaired) electrons. The van der Waals surface area contributed by atoms with Gasteiger partial charge in [-0.3, -0.25) is 4.90 Å². The van der Waals surface area contributed by atoms with Crippen LogP contribution in [0.1, 0.15) is 40.0 Å². The van der Waals surface area contributed by atoms with Crippen LogP contribution in [0.25, 0.3) is 0 Å². The van der Waals surface area contributed by atoms with Gasteiger partial charge in [-0.25, -0.2) is 9.18 Å². The van der Waals surface area contributed by atoms with Gasteiger partial charge in [-0.2, -0.15) is 0 Å². The number of hydrogen-bond acceptors (Lipinski definition) is 3. The quantitative estimate of drug-likeness (QED) is 0.707. The van der Waals surface area contributed by atoms with E-state index in [4.69, 9.17) is 10.5 Å². The number of hydrogen-bond donors (Lipinski definition) is 1. The Morgan fingerprint density at radius 2 is 2.06 bits per heavy atom. The first kappa shape index (κ1) is 12.6. The standard InChI is InChI=1S/C12H21FN2O2/c1-12(2,3)17-11(16)15-7-4-5-9(15)10(13)8(14)6-7/h7-10H,4-6,14H2,1-3H3/t7?,8-,9+,10-/m1/s1. The summed E-state index contributed by atoms with van der Waals surface area (Å²) in [5, 5.41) is 0. The van der Waals surface area contributed by atoms with Crippen LogP contribution in [-0.2, 0) is 4.74 Å². The number of amides is 1. The monoisotopic (exact) mass is 244 g/mol. The van der Waals surface area contributed by atoms with Crippen molar-refractivity contribution >= 4 is 6.09 Å². The summed E-state index contributed by atoms with van der Waals surface area (Å²) in [6, 6.07) is -0.776. The summed E-state index contributed by atoms with van der Waals surface area (Å²) >= 11 is 0. The number of alkyl halides is 1. The first-order valence-electron chi connectivity index (χ1n) is 6.20. The minimum Gasteiger partial charge on any atom is -0.444 e. The molecule has 5 heteroatoms. The highest BCUT2D eigenvalue weighted by molar-refractivity contribution is 5.70. The summed E-state index contributed by atoms with van der Waals surface area (Å²) in [7, 11) is 0. The minimum absolute atomic E-state index is 0.0526. The molecule has 1 unspecified atom stereocenters. The van der Waals surface area contributed by atoms with Gasteiger partial charge in [0, 0.05) is 12.1 Å². The largest absolute Gasteiger partial charge is 0.444 e. The number of ether oxygens (including phenoxy) is 1. The molecule has 0 saturated carbocycles. The van der Waals surface area contributed by atoms with Gasteiger partial charge in [-0.15, -0.1) is 0 Å². The van der Waals surface area contributed by atoms with Crippen LogP contribution in [0.15, 0.2) is 0 Å². The lowest BCUT2D eigenvalue weighted by Gasteiger charge is -2.40. The molecule has 2 rings (SSSR count). The lowest BCUT2D eigenvalue weighted by molar-refractivity contribution is -0.00988. The second-order valence-electron chi connectivity index (χ2n) is 6.03. The third-order valence-electron chi connectivity index (χ3n) is 3.47. The van der Waals surface area contributed by atoms with Gasteiger partial charge < -0.3 is 10.5 Å². The second kappa shape index (κ2) is 4.12. The molecule has 98 valence electrons. The van der Waals surface area contributed by atoms with Crippen molar-refractivity contribution in [3.63, 3.8) is 0 Å². The maximum atomic E-state index is 13.9. The predicted octanol–water partition coefficient (Wildman–Crippen LogP) is 1.82.